The minimum atomic E-state index is -0.199. The number of nitrogens with zero attached hydrogens (tertiary/aromatic N) is 3. The maximum Gasteiger partial charge on any atom is 0.225 e. The molecule has 110 valence electrons. The van der Waals surface area contributed by atoms with Crippen LogP contribution in [0, 0.1) is 5.92 Å². The van der Waals surface area contributed by atoms with Crippen molar-refractivity contribution < 1.29 is 9.59 Å². The summed E-state index contributed by atoms with van der Waals surface area (Å²) >= 11 is 0. The minimum absolute atomic E-state index is 0.0121. The van der Waals surface area contributed by atoms with Crippen molar-refractivity contribution in [1.29, 1.82) is 0 Å². The average molecular weight is 278 g/mol. The number of rotatable bonds is 6. The van der Waals surface area contributed by atoms with Gasteiger partial charge in [0, 0.05) is 44.5 Å². The van der Waals surface area contributed by atoms with Crippen LogP contribution in [0.4, 0.5) is 0 Å². The lowest BCUT2D eigenvalue weighted by Crippen LogP contribution is -2.36. The molecule has 0 saturated carbocycles. The predicted molar refractivity (Wildman–Crippen MR) is 74.8 cm³/mol. The average Bonchev–Trinajstić information content (AvgIpc) is 3.03. The smallest absolute Gasteiger partial charge is 0.225 e. The van der Waals surface area contributed by atoms with Crippen molar-refractivity contribution in [2.24, 2.45) is 5.92 Å². The summed E-state index contributed by atoms with van der Waals surface area (Å²) in [5.41, 5.74) is 0. The summed E-state index contributed by atoms with van der Waals surface area (Å²) in [4.78, 5) is 25.5. The highest BCUT2D eigenvalue weighted by Gasteiger charge is 2.35. The topological polar surface area (TPSA) is 67.2 Å². The first kappa shape index (κ1) is 14.6. The predicted octanol–water partition coefficient (Wildman–Crippen LogP) is 0.646. The molecule has 0 bridgehead atoms. The molecule has 6 nitrogen and oxygen atoms in total. The molecule has 1 atom stereocenters. The summed E-state index contributed by atoms with van der Waals surface area (Å²) in [6.45, 7) is 5.89. The van der Waals surface area contributed by atoms with Gasteiger partial charge in [0.05, 0.1) is 5.92 Å². The fraction of sp³-hybridized carbons (Fsp3) is 0.643. The molecule has 0 spiro atoms. The first-order valence-electron chi connectivity index (χ1n) is 7.12. The van der Waals surface area contributed by atoms with Crippen LogP contribution in [0.3, 0.4) is 0 Å². The van der Waals surface area contributed by atoms with Gasteiger partial charge < -0.3 is 10.2 Å². The molecule has 1 aliphatic heterocycles. The minimum Gasteiger partial charge on any atom is -0.356 e. The van der Waals surface area contributed by atoms with Crippen molar-refractivity contribution in [2.45, 2.75) is 39.3 Å². The molecule has 6 heteroatoms. The second-order valence-electron chi connectivity index (χ2n) is 5.45. The van der Waals surface area contributed by atoms with Crippen LogP contribution in [0.15, 0.2) is 18.5 Å². The molecule has 0 aromatic carbocycles. The van der Waals surface area contributed by atoms with Gasteiger partial charge in [0.15, 0.2) is 0 Å². The van der Waals surface area contributed by atoms with Gasteiger partial charge in [-0.15, -0.1) is 0 Å². The molecular formula is C14H22N4O2. The van der Waals surface area contributed by atoms with Gasteiger partial charge in [0.25, 0.3) is 0 Å². The van der Waals surface area contributed by atoms with E-state index in [4.69, 9.17) is 0 Å². The Kier molecular flexibility index (Phi) is 4.76. The van der Waals surface area contributed by atoms with Crippen molar-refractivity contribution in [3.8, 4) is 0 Å². The highest BCUT2D eigenvalue weighted by atomic mass is 16.2. The summed E-state index contributed by atoms with van der Waals surface area (Å²) < 4.78 is 1.84. The summed E-state index contributed by atoms with van der Waals surface area (Å²) in [7, 11) is 0. The van der Waals surface area contributed by atoms with Gasteiger partial charge in [0.1, 0.15) is 0 Å². The Balaban J connectivity index is 1.69. The number of hydrogen-bond acceptors (Lipinski definition) is 3. The summed E-state index contributed by atoms with van der Waals surface area (Å²) in [6, 6.07) is 2.04. The largest absolute Gasteiger partial charge is 0.356 e. The highest BCUT2D eigenvalue weighted by Crippen LogP contribution is 2.20. The first-order valence-corrected chi connectivity index (χ1v) is 7.12. The molecule has 1 aromatic heterocycles. The molecule has 1 saturated heterocycles. The molecule has 20 heavy (non-hydrogen) atoms. The number of carbonyl (C=O) groups is 2. The zero-order valence-electron chi connectivity index (χ0n) is 12.1. The summed E-state index contributed by atoms with van der Waals surface area (Å²) in [5.74, 6) is -0.131. The number of carbonyl (C=O) groups excluding carboxylic acids is 2. The lowest BCUT2D eigenvalue weighted by molar-refractivity contribution is -0.129. The summed E-state index contributed by atoms with van der Waals surface area (Å²) in [6.07, 6.45) is 4.81. The third-order valence-corrected chi connectivity index (χ3v) is 3.57. The van der Waals surface area contributed by atoms with Crippen LogP contribution in [0.1, 0.15) is 26.7 Å². The molecule has 1 N–H and O–H groups in total. The number of aromatic nitrogens is 2. The fourth-order valence-corrected chi connectivity index (χ4v) is 2.44. The monoisotopic (exact) mass is 278 g/mol. The second-order valence-corrected chi connectivity index (χ2v) is 5.45. The Morgan fingerprint density at radius 2 is 2.35 bits per heavy atom. The number of aryl methyl sites for hydroxylation is 1. The van der Waals surface area contributed by atoms with Gasteiger partial charge in [-0.1, -0.05) is 0 Å². The molecule has 0 radical (unpaired) electrons. The van der Waals surface area contributed by atoms with Gasteiger partial charge in [-0.05, 0) is 26.3 Å². The maximum atomic E-state index is 12.0. The molecule has 2 rings (SSSR count). The van der Waals surface area contributed by atoms with Crippen LogP contribution < -0.4 is 5.32 Å². The van der Waals surface area contributed by atoms with E-state index in [0.29, 0.717) is 19.5 Å². The molecule has 1 aromatic rings. The Bertz CT molecular complexity index is 456. The highest BCUT2D eigenvalue weighted by molar-refractivity contribution is 5.89. The quantitative estimate of drug-likeness (QED) is 0.777. The standard InChI is InChI=1S/C14H22N4O2/c1-11(2)18-10-12(9-13(18)19)14(20)15-5-3-7-17-8-4-6-16-17/h4,6,8,11-12H,3,5,7,9-10H2,1-2H3,(H,15,20). The van der Waals surface area contributed by atoms with Crippen LogP contribution in [-0.2, 0) is 16.1 Å². The van der Waals surface area contributed by atoms with E-state index >= 15 is 0 Å². The SMILES string of the molecule is CC(C)N1CC(C(=O)NCCCn2cccn2)CC1=O. The van der Waals surface area contributed by atoms with Crippen molar-refractivity contribution >= 4 is 11.8 Å². The van der Waals surface area contributed by atoms with Crippen molar-refractivity contribution in [2.75, 3.05) is 13.1 Å². The lowest BCUT2D eigenvalue weighted by Gasteiger charge is -2.20. The van der Waals surface area contributed by atoms with Crippen LogP contribution >= 0.6 is 0 Å². The van der Waals surface area contributed by atoms with E-state index in [0.717, 1.165) is 13.0 Å². The molecule has 0 aliphatic carbocycles. The fourth-order valence-electron chi connectivity index (χ4n) is 2.44. The molecule has 1 unspecified atom stereocenters. The van der Waals surface area contributed by atoms with Crippen LogP contribution in [0.25, 0.3) is 0 Å². The van der Waals surface area contributed by atoms with Crippen LogP contribution in [0.2, 0.25) is 0 Å². The molecule has 2 heterocycles. The van der Waals surface area contributed by atoms with Crippen molar-refractivity contribution in [1.82, 2.24) is 20.0 Å². The van der Waals surface area contributed by atoms with Gasteiger partial charge in [-0.2, -0.15) is 5.10 Å². The van der Waals surface area contributed by atoms with E-state index in [9.17, 15) is 9.59 Å². The Labute approximate surface area is 119 Å². The van der Waals surface area contributed by atoms with Crippen LogP contribution in [-0.4, -0.2) is 45.6 Å². The third kappa shape index (κ3) is 3.59. The van der Waals surface area contributed by atoms with Gasteiger partial charge in [-0.25, -0.2) is 0 Å². The van der Waals surface area contributed by atoms with Gasteiger partial charge >= 0.3 is 0 Å². The molecule has 1 fully saturated rings. The van der Waals surface area contributed by atoms with E-state index in [2.05, 4.69) is 10.4 Å². The van der Waals surface area contributed by atoms with Crippen LogP contribution in [0.5, 0.6) is 0 Å². The van der Waals surface area contributed by atoms with Gasteiger partial charge in [-0.3, -0.25) is 14.3 Å². The number of likely N-dealkylation sites (tertiary alicyclic amines) is 1. The van der Waals surface area contributed by atoms with E-state index in [1.807, 2.05) is 30.8 Å². The zero-order valence-corrected chi connectivity index (χ0v) is 12.1. The number of nitrogens with one attached hydrogen (secondary N) is 1. The molecular weight excluding hydrogens is 256 g/mol. The number of amides is 2. The number of hydrogen-bond donors (Lipinski definition) is 1. The summed E-state index contributed by atoms with van der Waals surface area (Å²) in [5, 5.41) is 7.01. The Hall–Kier alpha value is -1.85. The lowest BCUT2D eigenvalue weighted by atomic mass is 10.1. The van der Waals surface area contributed by atoms with E-state index in [1.54, 1.807) is 11.1 Å². The van der Waals surface area contributed by atoms with E-state index in [-0.39, 0.29) is 23.8 Å². The second kappa shape index (κ2) is 6.54. The Morgan fingerprint density at radius 1 is 1.55 bits per heavy atom. The zero-order chi connectivity index (χ0) is 14.5. The van der Waals surface area contributed by atoms with E-state index < -0.39 is 0 Å². The Morgan fingerprint density at radius 3 is 2.95 bits per heavy atom. The van der Waals surface area contributed by atoms with Crippen molar-refractivity contribution in [3.05, 3.63) is 18.5 Å². The molecule has 1 aliphatic rings. The normalized spacial score (nSPS) is 18.9. The van der Waals surface area contributed by atoms with Gasteiger partial charge in [0.2, 0.25) is 11.8 Å². The third-order valence-electron chi connectivity index (χ3n) is 3.57. The maximum absolute atomic E-state index is 12.0. The van der Waals surface area contributed by atoms with E-state index in [1.165, 1.54) is 0 Å². The van der Waals surface area contributed by atoms with Crippen molar-refractivity contribution in [3.63, 3.8) is 0 Å². The first-order chi connectivity index (χ1) is 9.58. The molecule has 2 amide bonds.